The smallest absolute Gasteiger partial charge is 0.262 e. The largest absolute Gasteiger partial charge is 0.495 e. The molecule has 31 heavy (non-hydrogen) atoms. The number of methoxy groups -OCH3 is 1. The van der Waals surface area contributed by atoms with Gasteiger partial charge in [-0.05, 0) is 79.8 Å². The number of para-hydroxylation sites is 2. The third-order valence-corrected chi connectivity index (χ3v) is 5.78. The molecule has 0 atom stereocenters. The van der Waals surface area contributed by atoms with Gasteiger partial charge in [0.1, 0.15) is 11.5 Å². The second-order valence-corrected chi connectivity index (χ2v) is 8.46. The van der Waals surface area contributed by atoms with E-state index in [1.807, 2.05) is 31.2 Å². The molecule has 0 saturated heterocycles. The molecule has 3 aromatic carbocycles. The Morgan fingerprint density at radius 2 is 1.48 bits per heavy atom. The van der Waals surface area contributed by atoms with E-state index in [-0.39, 0.29) is 4.90 Å². The first kappa shape index (κ1) is 22.4. The Morgan fingerprint density at radius 3 is 2.06 bits per heavy atom. The van der Waals surface area contributed by atoms with Crippen molar-refractivity contribution in [2.45, 2.75) is 11.8 Å². The number of hydrogen-bond acceptors (Lipinski definition) is 5. The molecule has 0 aromatic heterocycles. The van der Waals surface area contributed by atoms with Crippen LogP contribution in [0, 0.1) is 0 Å². The summed E-state index contributed by atoms with van der Waals surface area (Å²) in [7, 11) is -2.28. The van der Waals surface area contributed by atoms with Crippen LogP contribution >= 0.6 is 12.2 Å². The minimum Gasteiger partial charge on any atom is -0.495 e. The number of benzene rings is 3. The molecule has 0 heterocycles. The molecule has 0 fully saturated rings. The van der Waals surface area contributed by atoms with E-state index in [0.717, 1.165) is 11.4 Å². The number of anilines is 3. The van der Waals surface area contributed by atoms with Crippen molar-refractivity contribution in [2.75, 3.05) is 29.1 Å². The molecule has 0 radical (unpaired) electrons. The Bertz CT molecular complexity index is 1130. The van der Waals surface area contributed by atoms with Crippen LogP contribution in [0.5, 0.6) is 11.5 Å². The second kappa shape index (κ2) is 10.1. The Morgan fingerprint density at radius 1 is 0.903 bits per heavy atom. The van der Waals surface area contributed by atoms with E-state index in [1.165, 1.54) is 19.2 Å². The van der Waals surface area contributed by atoms with Gasteiger partial charge in [-0.15, -0.1) is 0 Å². The molecule has 0 saturated carbocycles. The summed E-state index contributed by atoms with van der Waals surface area (Å²) < 4.78 is 38.5. The minimum atomic E-state index is -3.77. The highest BCUT2D eigenvalue weighted by Crippen LogP contribution is 2.26. The number of thiocarbonyl (C=S) groups is 1. The van der Waals surface area contributed by atoms with Gasteiger partial charge in [-0.3, -0.25) is 4.72 Å². The van der Waals surface area contributed by atoms with Crippen LogP contribution in [0.25, 0.3) is 0 Å². The van der Waals surface area contributed by atoms with E-state index < -0.39 is 10.0 Å². The van der Waals surface area contributed by atoms with Crippen LogP contribution in [-0.4, -0.2) is 27.2 Å². The predicted molar refractivity (Wildman–Crippen MR) is 128 cm³/mol. The maximum absolute atomic E-state index is 12.7. The summed E-state index contributed by atoms with van der Waals surface area (Å²) in [6.45, 7) is 2.53. The van der Waals surface area contributed by atoms with Crippen molar-refractivity contribution in [2.24, 2.45) is 0 Å². The normalized spacial score (nSPS) is 10.8. The summed E-state index contributed by atoms with van der Waals surface area (Å²) in [5.74, 6) is 1.22. The molecule has 3 rings (SSSR count). The molecule has 3 aromatic rings. The lowest BCUT2D eigenvalue weighted by Crippen LogP contribution is -2.19. The summed E-state index contributed by atoms with van der Waals surface area (Å²) in [5.41, 5.74) is 1.83. The van der Waals surface area contributed by atoms with Crippen molar-refractivity contribution in [1.29, 1.82) is 0 Å². The fraction of sp³-hybridized carbons (Fsp3) is 0.136. The van der Waals surface area contributed by atoms with Gasteiger partial charge in [-0.1, -0.05) is 12.1 Å². The van der Waals surface area contributed by atoms with Crippen LogP contribution in [0.2, 0.25) is 0 Å². The van der Waals surface area contributed by atoms with Gasteiger partial charge in [0.05, 0.1) is 24.3 Å². The van der Waals surface area contributed by atoms with E-state index in [1.54, 1.807) is 36.4 Å². The predicted octanol–water partition coefficient (Wildman–Crippen LogP) is 4.70. The first-order valence-electron chi connectivity index (χ1n) is 9.48. The van der Waals surface area contributed by atoms with Gasteiger partial charge in [0.15, 0.2) is 5.11 Å². The average molecular weight is 458 g/mol. The first-order chi connectivity index (χ1) is 14.9. The summed E-state index contributed by atoms with van der Waals surface area (Å²) >= 11 is 5.32. The van der Waals surface area contributed by atoms with E-state index in [0.29, 0.717) is 28.8 Å². The van der Waals surface area contributed by atoms with Crippen LogP contribution in [-0.2, 0) is 10.0 Å². The lowest BCUT2D eigenvalue weighted by molar-refractivity contribution is 0.340. The highest BCUT2D eigenvalue weighted by molar-refractivity contribution is 7.92. The Hall–Kier alpha value is -3.30. The number of hydrogen-bond donors (Lipinski definition) is 3. The molecule has 3 N–H and O–H groups in total. The van der Waals surface area contributed by atoms with Crippen molar-refractivity contribution in [1.82, 2.24) is 0 Å². The lowest BCUT2D eigenvalue weighted by Gasteiger charge is -2.13. The van der Waals surface area contributed by atoms with E-state index in [4.69, 9.17) is 21.7 Å². The number of nitrogens with one attached hydrogen (secondary N) is 3. The van der Waals surface area contributed by atoms with Gasteiger partial charge < -0.3 is 20.1 Å². The van der Waals surface area contributed by atoms with Crippen molar-refractivity contribution in [3.8, 4) is 11.5 Å². The third kappa shape index (κ3) is 6.09. The highest BCUT2D eigenvalue weighted by atomic mass is 32.2. The molecular formula is C22H23N3O4S2. The summed E-state index contributed by atoms with van der Waals surface area (Å²) in [6, 6.07) is 20.5. The topological polar surface area (TPSA) is 88.7 Å². The summed E-state index contributed by atoms with van der Waals surface area (Å²) in [4.78, 5) is 0.120. The van der Waals surface area contributed by atoms with Crippen LogP contribution in [0.15, 0.2) is 77.7 Å². The molecule has 0 unspecified atom stereocenters. The van der Waals surface area contributed by atoms with Gasteiger partial charge in [-0.2, -0.15) is 0 Å². The molecule has 0 amide bonds. The number of ether oxygens (including phenoxy) is 2. The van der Waals surface area contributed by atoms with Gasteiger partial charge in [0.2, 0.25) is 0 Å². The van der Waals surface area contributed by atoms with E-state index >= 15 is 0 Å². The van der Waals surface area contributed by atoms with Crippen LogP contribution in [0.4, 0.5) is 17.1 Å². The molecule has 0 bridgehead atoms. The zero-order chi connectivity index (χ0) is 22.3. The standard InChI is InChI=1S/C22H23N3O4S2/c1-3-29-18-12-8-16(9-13-18)23-22(30)24-17-10-14-19(15-11-17)31(26,27)25-20-6-4-5-7-21(20)28-2/h4-15,25H,3H2,1-2H3,(H2,23,24,30). The first-order valence-corrected chi connectivity index (χ1v) is 11.4. The molecule has 0 spiro atoms. The molecule has 0 aliphatic rings. The highest BCUT2D eigenvalue weighted by Gasteiger charge is 2.16. The molecule has 7 nitrogen and oxygen atoms in total. The van der Waals surface area contributed by atoms with Crippen molar-refractivity contribution >= 4 is 44.4 Å². The fourth-order valence-corrected chi connectivity index (χ4v) is 4.05. The van der Waals surface area contributed by atoms with Gasteiger partial charge >= 0.3 is 0 Å². The number of sulfonamides is 1. The van der Waals surface area contributed by atoms with Crippen LogP contribution in [0.3, 0.4) is 0 Å². The molecule has 9 heteroatoms. The molecular weight excluding hydrogens is 434 g/mol. The van der Waals surface area contributed by atoms with E-state index in [2.05, 4.69) is 15.4 Å². The second-order valence-electron chi connectivity index (χ2n) is 6.37. The van der Waals surface area contributed by atoms with Gasteiger partial charge in [-0.25, -0.2) is 8.42 Å². The van der Waals surface area contributed by atoms with Crippen molar-refractivity contribution in [3.05, 3.63) is 72.8 Å². The third-order valence-electron chi connectivity index (χ3n) is 4.20. The average Bonchev–Trinajstić information content (AvgIpc) is 2.76. The van der Waals surface area contributed by atoms with Crippen molar-refractivity contribution < 1.29 is 17.9 Å². The van der Waals surface area contributed by atoms with Gasteiger partial charge in [0.25, 0.3) is 10.0 Å². The molecule has 0 aliphatic carbocycles. The van der Waals surface area contributed by atoms with Crippen LogP contribution in [0.1, 0.15) is 6.92 Å². The Labute approximate surface area is 187 Å². The lowest BCUT2D eigenvalue weighted by atomic mass is 10.3. The van der Waals surface area contributed by atoms with Crippen molar-refractivity contribution in [3.63, 3.8) is 0 Å². The number of rotatable bonds is 8. The Balaban J connectivity index is 1.63. The summed E-state index contributed by atoms with van der Waals surface area (Å²) in [6.07, 6.45) is 0. The maximum Gasteiger partial charge on any atom is 0.262 e. The zero-order valence-electron chi connectivity index (χ0n) is 17.1. The maximum atomic E-state index is 12.7. The minimum absolute atomic E-state index is 0.120. The molecule has 162 valence electrons. The SMILES string of the molecule is CCOc1ccc(NC(=S)Nc2ccc(S(=O)(=O)Nc3ccccc3OC)cc2)cc1. The summed E-state index contributed by atoms with van der Waals surface area (Å²) in [5, 5.41) is 6.48. The van der Waals surface area contributed by atoms with Gasteiger partial charge in [0, 0.05) is 11.4 Å². The van der Waals surface area contributed by atoms with Crippen LogP contribution < -0.4 is 24.8 Å². The monoisotopic (exact) mass is 457 g/mol. The fourth-order valence-electron chi connectivity index (χ4n) is 2.74. The molecule has 0 aliphatic heterocycles. The zero-order valence-corrected chi connectivity index (χ0v) is 18.7. The quantitative estimate of drug-likeness (QED) is 0.422. The van der Waals surface area contributed by atoms with E-state index in [9.17, 15) is 8.42 Å². The Kier molecular flexibility index (Phi) is 7.32.